The molecule has 1 saturated heterocycles. The van der Waals surface area contributed by atoms with E-state index in [0.29, 0.717) is 12.8 Å². The summed E-state index contributed by atoms with van der Waals surface area (Å²) in [5.41, 5.74) is 2.71. The van der Waals surface area contributed by atoms with Crippen LogP contribution in [0.2, 0.25) is 0 Å². The van der Waals surface area contributed by atoms with Crippen LogP contribution in [-0.2, 0) is 16.0 Å². The first kappa shape index (κ1) is 27.9. The minimum Gasteiger partial charge on any atom is -0.460 e. The van der Waals surface area contributed by atoms with Gasteiger partial charge in [0, 0.05) is 37.4 Å². The zero-order valence-electron chi connectivity index (χ0n) is 23.1. The van der Waals surface area contributed by atoms with E-state index in [0.717, 1.165) is 48.6 Å². The minimum atomic E-state index is -0.658. The number of carbonyl (C=O) groups is 2. The molecule has 0 amide bonds. The van der Waals surface area contributed by atoms with E-state index in [2.05, 4.69) is 34.2 Å². The Bertz CT molecular complexity index is 1020. The number of ketones is 1. The third-order valence-electron chi connectivity index (χ3n) is 7.21. The average molecular weight is 494 g/mol. The van der Waals surface area contributed by atoms with E-state index in [-0.39, 0.29) is 17.7 Å². The lowest BCUT2D eigenvalue weighted by Crippen LogP contribution is -2.52. The van der Waals surface area contributed by atoms with E-state index in [9.17, 15) is 9.59 Å². The van der Waals surface area contributed by atoms with Gasteiger partial charge in [-0.05, 0) is 90.0 Å². The van der Waals surface area contributed by atoms with Gasteiger partial charge in [-0.15, -0.1) is 0 Å². The molecule has 0 aliphatic carbocycles. The summed E-state index contributed by atoms with van der Waals surface area (Å²) in [5.74, 6) is -0.446. The highest BCUT2D eigenvalue weighted by Crippen LogP contribution is 2.30. The fourth-order valence-corrected chi connectivity index (χ4v) is 4.85. The first-order valence-electron chi connectivity index (χ1n) is 13.1. The van der Waals surface area contributed by atoms with E-state index in [1.54, 1.807) is 0 Å². The Morgan fingerprint density at radius 2 is 1.58 bits per heavy atom. The molecule has 0 saturated carbocycles. The first-order valence-corrected chi connectivity index (χ1v) is 13.1. The summed E-state index contributed by atoms with van der Waals surface area (Å²) >= 11 is 0. The molecule has 1 aliphatic rings. The fraction of sp³-hybridized carbons (Fsp3) is 0.533. The van der Waals surface area contributed by atoms with Crippen molar-refractivity contribution in [2.24, 2.45) is 0 Å². The fourth-order valence-electron chi connectivity index (χ4n) is 4.85. The highest BCUT2D eigenvalue weighted by atomic mass is 16.6. The summed E-state index contributed by atoms with van der Waals surface area (Å²) < 4.78 is 5.54. The highest BCUT2D eigenvalue weighted by Gasteiger charge is 2.39. The van der Waals surface area contributed by atoms with Crippen LogP contribution in [0.3, 0.4) is 0 Å². The molecule has 0 bridgehead atoms. The van der Waals surface area contributed by atoms with Gasteiger partial charge in [-0.3, -0.25) is 14.5 Å². The van der Waals surface area contributed by atoms with Gasteiger partial charge in [-0.2, -0.15) is 0 Å². The largest absolute Gasteiger partial charge is 0.460 e. The molecule has 1 fully saturated rings. The van der Waals surface area contributed by atoms with Crippen molar-refractivity contribution in [1.29, 1.82) is 0 Å². The van der Waals surface area contributed by atoms with Crippen molar-refractivity contribution in [3.63, 3.8) is 0 Å². The molecule has 1 aliphatic heterocycles. The second-order valence-electron chi connectivity index (χ2n) is 11.1. The Hall–Kier alpha value is -2.70. The summed E-state index contributed by atoms with van der Waals surface area (Å²) in [6.07, 6.45) is 1.28. The first-order chi connectivity index (χ1) is 17.0. The van der Waals surface area contributed by atoms with Crippen LogP contribution < -0.4 is 10.2 Å². The molecule has 6 heteroatoms. The lowest BCUT2D eigenvalue weighted by atomic mass is 9.80. The summed E-state index contributed by atoms with van der Waals surface area (Å²) in [6, 6.07) is 16.1. The topological polar surface area (TPSA) is 61.9 Å². The molecule has 196 valence electrons. The predicted octanol–water partition coefficient (Wildman–Crippen LogP) is 4.68. The van der Waals surface area contributed by atoms with Crippen molar-refractivity contribution in [3.8, 4) is 0 Å². The number of likely N-dealkylation sites (N-methyl/N-ethyl adjacent to an activating group) is 1. The molecule has 2 aromatic carbocycles. The summed E-state index contributed by atoms with van der Waals surface area (Å²) in [4.78, 5) is 30.8. The molecule has 36 heavy (non-hydrogen) atoms. The summed E-state index contributed by atoms with van der Waals surface area (Å²) in [5, 5.41) is 3.38. The Balaban J connectivity index is 1.78. The quantitative estimate of drug-likeness (QED) is 0.404. The molecule has 0 spiro atoms. The lowest BCUT2D eigenvalue weighted by molar-refractivity contribution is -0.156. The standard InChI is InChI=1S/C30H43N3O3/c1-8-30(32(6)7,27(34)25-13-15-26(16-14-25)33-19-17-31-18-20-33)21-23-9-11-24(12-10-23)22(2)28(35)36-29(3,4)5/h9-16,22,31H,8,17-21H2,1-7H3. The maximum Gasteiger partial charge on any atom is 0.313 e. The van der Waals surface area contributed by atoms with Crippen LogP contribution in [0.1, 0.15) is 68.4 Å². The Kier molecular flexibility index (Phi) is 8.96. The van der Waals surface area contributed by atoms with Gasteiger partial charge in [0.05, 0.1) is 11.5 Å². The number of hydrogen-bond acceptors (Lipinski definition) is 6. The molecule has 1 N–H and O–H groups in total. The van der Waals surface area contributed by atoms with Crippen LogP contribution >= 0.6 is 0 Å². The Morgan fingerprint density at radius 1 is 1.00 bits per heavy atom. The molecule has 2 aromatic rings. The molecule has 2 unspecified atom stereocenters. The molecular weight excluding hydrogens is 450 g/mol. The van der Waals surface area contributed by atoms with Gasteiger partial charge in [0.25, 0.3) is 0 Å². The van der Waals surface area contributed by atoms with Gasteiger partial charge < -0.3 is 15.0 Å². The Morgan fingerprint density at radius 3 is 2.08 bits per heavy atom. The van der Waals surface area contributed by atoms with Crippen molar-refractivity contribution in [1.82, 2.24) is 10.2 Å². The van der Waals surface area contributed by atoms with E-state index in [1.165, 1.54) is 0 Å². The highest BCUT2D eigenvalue weighted by molar-refractivity contribution is 6.03. The van der Waals surface area contributed by atoms with Crippen LogP contribution in [0.25, 0.3) is 0 Å². The van der Waals surface area contributed by atoms with Crippen molar-refractivity contribution >= 4 is 17.4 Å². The van der Waals surface area contributed by atoms with Crippen LogP contribution in [-0.4, -0.2) is 68.1 Å². The van der Waals surface area contributed by atoms with Gasteiger partial charge in [-0.1, -0.05) is 31.2 Å². The van der Waals surface area contributed by atoms with Gasteiger partial charge in [0.15, 0.2) is 5.78 Å². The third kappa shape index (κ3) is 6.54. The number of anilines is 1. The van der Waals surface area contributed by atoms with Gasteiger partial charge in [-0.25, -0.2) is 0 Å². The number of nitrogens with zero attached hydrogens (tertiary/aromatic N) is 2. The molecular formula is C30H43N3O3. The normalized spacial score (nSPS) is 16.9. The third-order valence-corrected chi connectivity index (χ3v) is 7.21. The number of nitrogens with one attached hydrogen (secondary N) is 1. The number of ether oxygens (including phenoxy) is 1. The number of rotatable bonds is 9. The molecule has 0 aromatic heterocycles. The monoisotopic (exact) mass is 493 g/mol. The average Bonchev–Trinajstić information content (AvgIpc) is 2.86. The van der Waals surface area contributed by atoms with Crippen molar-refractivity contribution in [3.05, 3.63) is 65.2 Å². The number of hydrogen-bond donors (Lipinski definition) is 1. The second-order valence-corrected chi connectivity index (χ2v) is 11.1. The second kappa shape index (κ2) is 11.6. The lowest BCUT2D eigenvalue weighted by Gasteiger charge is -2.38. The van der Waals surface area contributed by atoms with E-state index >= 15 is 0 Å². The SMILES string of the molecule is CCC(Cc1ccc(C(C)C(=O)OC(C)(C)C)cc1)(C(=O)c1ccc(N2CCNCC2)cc1)N(C)C. The maximum absolute atomic E-state index is 13.9. The molecule has 1 heterocycles. The van der Waals surface area contributed by atoms with E-state index < -0.39 is 11.1 Å². The van der Waals surface area contributed by atoms with Crippen LogP contribution in [0.5, 0.6) is 0 Å². The number of benzene rings is 2. The van der Waals surface area contributed by atoms with Crippen LogP contribution in [0.4, 0.5) is 5.69 Å². The van der Waals surface area contributed by atoms with E-state index in [4.69, 9.17) is 4.74 Å². The van der Waals surface area contributed by atoms with Crippen LogP contribution in [0, 0.1) is 0 Å². The molecule has 0 radical (unpaired) electrons. The van der Waals surface area contributed by atoms with Crippen molar-refractivity contribution in [2.75, 3.05) is 45.2 Å². The van der Waals surface area contributed by atoms with Crippen LogP contribution in [0.15, 0.2) is 48.5 Å². The molecule has 2 atom stereocenters. The number of carbonyl (C=O) groups excluding carboxylic acids is 2. The zero-order valence-corrected chi connectivity index (χ0v) is 23.1. The summed E-state index contributed by atoms with van der Waals surface area (Å²) in [6.45, 7) is 13.5. The number of piperazine rings is 1. The van der Waals surface area contributed by atoms with Gasteiger partial charge in [0.1, 0.15) is 5.60 Å². The molecule has 3 rings (SSSR count). The maximum atomic E-state index is 13.9. The zero-order chi connectivity index (χ0) is 26.5. The summed E-state index contributed by atoms with van der Waals surface area (Å²) in [7, 11) is 3.96. The molecule has 6 nitrogen and oxygen atoms in total. The number of Topliss-reactive ketones (excluding diaryl/α,β-unsaturated/α-hetero) is 1. The van der Waals surface area contributed by atoms with Crippen molar-refractivity contribution < 1.29 is 14.3 Å². The van der Waals surface area contributed by atoms with Gasteiger partial charge in [0.2, 0.25) is 0 Å². The van der Waals surface area contributed by atoms with Crippen molar-refractivity contribution in [2.45, 2.75) is 64.5 Å². The van der Waals surface area contributed by atoms with Gasteiger partial charge >= 0.3 is 5.97 Å². The number of esters is 1. The van der Waals surface area contributed by atoms with E-state index in [1.807, 2.05) is 78.2 Å². The smallest absolute Gasteiger partial charge is 0.313 e. The predicted molar refractivity (Wildman–Crippen MR) is 147 cm³/mol. The minimum absolute atomic E-state index is 0.132. The Labute approximate surface area is 217 Å².